The van der Waals surface area contributed by atoms with Crippen LogP contribution in [0.3, 0.4) is 0 Å². The number of nitrogens with one attached hydrogen (secondary N) is 1. The maximum absolute atomic E-state index is 12.0. The van der Waals surface area contributed by atoms with E-state index < -0.39 is 15.9 Å². The number of benzene rings is 1. The van der Waals surface area contributed by atoms with Crippen LogP contribution in [0.2, 0.25) is 0 Å². The van der Waals surface area contributed by atoms with Crippen LogP contribution in [-0.2, 0) is 9.84 Å². The fourth-order valence-corrected chi connectivity index (χ4v) is 2.67. The third-order valence-corrected chi connectivity index (χ3v) is 3.54. The average Bonchev–Trinajstić information content (AvgIpc) is 2.18. The van der Waals surface area contributed by atoms with Gasteiger partial charge in [0.1, 0.15) is 9.84 Å². The summed E-state index contributed by atoms with van der Waals surface area (Å²) in [6.45, 7) is 3.45. The summed E-state index contributed by atoms with van der Waals surface area (Å²) in [5.74, 6) is -0.393. The van der Waals surface area contributed by atoms with Gasteiger partial charge in [0.05, 0.1) is 5.75 Å². The second-order valence-corrected chi connectivity index (χ2v) is 6.73. The molecule has 1 aromatic carbocycles. The lowest BCUT2D eigenvalue weighted by molar-refractivity contribution is 0.0943. The third kappa shape index (κ3) is 5.94. The Morgan fingerprint density at radius 3 is 2.53 bits per heavy atom. The van der Waals surface area contributed by atoms with Crippen molar-refractivity contribution in [1.82, 2.24) is 5.32 Å². The molecule has 0 saturated heterocycles. The predicted octanol–water partition coefficient (Wildman–Crippen LogP) is 1.16. The van der Waals surface area contributed by atoms with E-state index >= 15 is 0 Å². The molecule has 0 aliphatic heterocycles. The molecule has 1 aromatic rings. The molecule has 0 aliphatic carbocycles. The highest BCUT2D eigenvalue weighted by molar-refractivity contribution is 7.90. The van der Waals surface area contributed by atoms with E-state index in [0.717, 1.165) is 11.8 Å². The Hall–Kier alpha value is -1.27. The van der Waals surface area contributed by atoms with Crippen molar-refractivity contribution in [3.05, 3.63) is 29.3 Å². The van der Waals surface area contributed by atoms with Gasteiger partial charge in [-0.2, -0.15) is 0 Å². The molecular weight excluding hydrogens is 288 g/mol. The van der Waals surface area contributed by atoms with Gasteiger partial charge in [-0.05, 0) is 31.5 Å². The van der Waals surface area contributed by atoms with E-state index in [2.05, 4.69) is 5.32 Å². The summed E-state index contributed by atoms with van der Waals surface area (Å²) in [4.78, 5) is 12.0. The number of amides is 1. The van der Waals surface area contributed by atoms with Gasteiger partial charge in [0.2, 0.25) is 0 Å². The second kappa shape index (κ2) is 6.77. The summed E-state index contributed by atoms with van der Waals surface area (Å²) in [5.41, 5.74) is 7.39. The molecule has 1 unspecified atom stereocenters. The molecule has 0 fully saturated rings. The molecule has 1 atom stereocenters. The first kappa shape index (κ1) is 17.7. The van der Waals surface area contributed by atoms with Gasteiger partial charge >= 0.3 is 0 Å². The minimum Gasteiger partial charge on any atom is -0.399 e. The van der Waals surface area contributed by atoms with E-state index in [9.17, 15) is 13.2 Å². The Balaban J connectivity index is 0.00000324. The molecule has 0 saturated carbocycles. The highest BCUT2D eigenvalue weighted by Gasteiger charge is 2.15. The summed E-state index contributed by atoms with van der Waals surface area (Å²) >= 11 is 0. The SMILES string of the molecule is Cc1ccc(N)cc1C(=O)NC(C)CS(C)(=O)=O.Cl. The number of aryl methyl sites for hydroxylation is 1. The number of anilines is 1. The largest absolute Gasteiger partial charge is 0.399 e. The van der Waals surface area contributed by atoms with E-state index in [1.807, 2.05) is 0 Å². The maximum atomic E-state index is 12.0. The van der Waals surface area contributed by atoms with Crippen molar-refractivity contribution >= 4 is 33.8 Å². The van der Waals surface area contributed by atoms with Crippen LogP contribution >= 0.6 is 12.4 Å². The van der Waals surface area contributed by atoms with Crippen LogP contribution in [0.25, 0.3) is 0 Å². The maximum Gasteiger partial charge on any atom is 0.251 e. The Kier molecular flexibility index (Phi) is 6.32. The molecule has 0 aromatic heterocycles. The highest BCUT2D eigenvalue weighted by Crippen LogP contribution is 2.12. The molecule has 7 heteroatoms. The molecule has 5 nitrogen and oxygen atoms in total. The lowest BCUT2D eigenvalue weighted by atomic mass is 10.1. The van der Waals surface area contributed by atoms with Crippen molar-refractivity contribution in [3.63, 3.8) is 0 Å². The van der Waals surface area contributed by atoms with E-state index in [0.29, 0.717) is 11.3 Å². The van der Waals surface area contributed by atoms with Crippen LogP contribution < -0.4 is 11.1 Å². The van der Waals surface area contributed by atoms with Crippen molar-refractivity contribution in [2.75, 3.05) is 17.7 Å². The fourth-order valence-electron chi connectivity index (χ4n) is 1.68. The molecule has 3 N–H and O–H groups in total. The summed E-state index contributed by atoms with van der Waals surface area (Å²) < 4.78 is 22.2. The van der Waals surface area contributed by atoms with Crippen molar-refractivity contribution in [2.24, 2.45) is 0 Å². The number of halogens is 1. The molecule has 1 amide bonds. The first-order chi connectivity index (χ1) is 8.19. The van der Waals surface area contributed by atoms with Gasteiger partial charge in [-0.15, -0.1) is 12.4 Å². The second-order valence-electron chi connectivity index (χ2n) is 4.54. The number of carbonyl (C=O) groups excluding carboxylic acids is 1. The van der Waals surface area contributed by atoms with Crippen molar-refractivity contribution in [1.29, 1.82) is 0 Å². The van der Waals surface area contributed by atoms with Crippen molar-refractivity contribution < 1.29 is 13.2 Å². The normalized spacial score (nSPS) is 12.4. The summed E-state index contributed by atoms with van der Waals surface area (Å²) in [6.07, 6.45) is 1.14. The van der Waals surface area contributed by atoms with Crippen LogP contribution in [0.15, 0.2) is 18.2 Å². The van der Waals surface area contributed by atoms with Gasteiger partial charge < -0.3 is 11.1 Å². The van der Waals surface area contributed by atoms with Gasteiger partial charge in [0.15, 0.2) is 0 Å². The Bertz CT molecular complexity index is 558. The van der Waals surface area contributed by atoms with Gasteiger partial charge in [0.25, 0.3) is 5.91 Å². The number of nitrogen functional groups attached to an aromatic ring is 1. The predicted molar refractivity (Wildman–Crippen MR) is 79.5 cm³/mol. The van der Waals surface area contributed by atoms with E-state index in [1.165, 1.54) is 0 Å². The number of sulfone groups is 1. The molecule has 108 valence electrons. The number of rotatable bonds is 4. The van der Waals surface area contributed by atoms with Gasteiger partial charge in [-0.3, -0.25) is 4.79 Å². The van der Waals surface area contributed by atoms with Gasteiger partial charge in [0, 0.05) is 23.5 Å². The van der Waals surface area contributed by atoms with Gasteiger partial charge in [-0.25, -0.2) is 8.42 Å². The zero-order valence-corrected chi connectivity index (χ0v) is 12.8. The topological polar surface area (TPSA) is 89.3 Å². The van der Waals surface area contributed by atoms with Crippen LogP contribution in [-0.4, -0.2) is 32.4 Å². The molecule has 0 heterocycles. The number of hydrogen-bond acceptors (Lipinski definition) is 4. The molecule has 0 spiro atoms. The van der Waals surface area contributed by atoms with E-state index in [-0.39, 0.29) is 24.1 Å². The monoisotopic (exact) mass is 306 g/mol. The lowest BCUT2D eigenvalue weighted by Crippen LogP contribution is -2.37. The van der Waals surface area contributed by atoms with Crippen LogP contribution in [0.4, 0.5) is 5.69 Å². The molecule has 0 radical (unpaired) electrons. The van der Waals surface area contributed by atoms with Crippen LogP contribution in [0, 0.1) is 6.92 Å². The summed E-state index contributed by atoms with van der Waals surface area (Å²) in [7, 11) is -3.11. The molecule has 1 rings (SSSR count). The van der Waals surface area contributed by atoms with Crippen molar-refractivity contribution in [3.8, 4) is 0 Å². The smallest absolute Gasteiger partial charge is 0.251 e. The first-order valence-electron chi connectivity index (χ1n) is 5.54. The minimum absolute atomic E-state index is 0. The van der Waals surface area contributed by atoms with Crippen LogP contribution in [0.5, 0.6) is 0 Å². The van der Waals surface area contributed by atoms with E-state index in [4.69, 9.17) is 5.73 Å². The molecule has 0 aliphatic rings. The molecule has 0 bridgehead atoms. The number of nitrogens with two attached hydrogens (primary N) is 1. The quantitative estimate of drug-likeness (QED) is 0.817. The highest BCUT2D eigenvalue weighted by atomic mass is 35.5. The lowest BCUT2D eigenvalue weighted by Gasteiger charge is -2.14. The van der Waals surface area contributed by atoms with Gasteiger partial charge in [-0.1, -0.05) is 6.07 Å². The average molecular weight is 307 g/mol. The summed E-state index contributed by atoms with van der Waals surface area (Å²) in [5, 5.41) is 2.65. The van der Waals surface area contributed by atoms with Crippen LogP contribution in [0.1, 0.15) is 22.8 Å². The number of hydrogen-bond donors (Lipinski definition) is 2. The Morgan fingerprint density at radius 1 is 1.42 bits per heavy atom. The third-order valence-electron chi connectivity index (χ3n) is 2.44. The van der Waals surface area contributed by atoms with E-state index in [1.54, 1.807) is 32.0 Å². The van der Waals surface area contributed by atoms with Crippen molar-refractivity contribution in [2.45, 2.75) is 19.9 Å². The fraction of sp³-hybridized carbons (Fsp3) is 0.417. The Labute approximate surface area is 119 Å². The molecule has 19 heavy (non-hydrogen) atoms. The first-order valence-corrected chi connectivity index (χ1v) is 7.60. The summed E-state index contributed by atoms with van der Waals surface area (Å²) in [6, 6.07) is 4.61. The zero-order chi connectivity index (χ0) is 13.9. The standard InChI is InChI=1S/C12H18N2O3S.ClH/c1-8-4-5-10(13)6-11(8)12(15)14-9(2)7-18(3,16)17;/h4-6,9H,7,13H2,1-3H3,(H,14,15);1H. The number of carbonyl (C=O) groups is 1. The Morgan fingerprint density at radius 2 is 2.00 bits per heavy atom. The minimum atomic E-state index is -3.11. The molecular formula is C12H19ClN2O3S. The zero-order valence-electron chi connectivity index (χ0n) is 11.1.